The summed E-state index contributed by atoms with van der Waals surface area (Å²) in [7, 11) is 0. The van der Waals surface area contributed by atoms with Crippen molar-refractivity contribution >= 4 is 23.1 Å². The molecule has 0 aromatic heterocycles. The first kappa shape index (κ1) is 15.3. The van der Waals surface area contributed by atoms with Gasteiger partial charge in [-0.05, 0) is 33.2 Å². The molecular weight excluding hydrogens is 250 g/mol. The number of nitrogens with two attached hydrogens (primary N) is 1. The van der Waals surface area contributed by atoms with E-state index < -0.39 is 0 Å². The maximum atomic E-state index is 12.0. The maximum absolute atomic E-state index is 12.0. The van der Waals surface area contributed by atoms with Gasteiger partial charge >= 0.3 is 0 Å². The lowest BCUT2D eigenvalue weighted by Gasteiger charge is -2.34. The molecule has 0 aliphatic carbocycles. The highest BCUT2D eigenvalue weighted by molar-refractivity contribution is 7.80. The Kier molecular flexibility index (Phi) is 6.52. The second kappa shape index (κ2) is 7.66. The highest BCUT2D eigenvalue weighted by Gasteiger charge is 2.29. The quantitative estimate of drug-likeness (QED) is 0.680. The van der Waals surface area contributed by atoms with Crippen molar-refractivity contribution in [3.05, 3.63) is 0 Å². The van der Waals surface area contributed by atoms with E-state index in [0.29, 0.717) is 18.2 Å². The number of carbonyl (C=O) groups excluding carboxylic acids is 1. The van der Waals surface area contributed by atoms with Gasteiger partial charge in [0.15, 0.2) is 0 Å². The molecule has 1 heterocycles. The number of nitrogens with one attached hydrogen (secondary N) is 1. The number of amides is 1. The molecule has 3 N–H and O–H groups in total. The summed E-state index contributed by atoms with van der Waals surface area (Å²) in [6.07, 6.45) is 1.62. The number of nitrogens with zero attached hydrogens (tertiary/aromatic N) is 1. The van der Waals surface area contributed by atoms with Crippen LogP contribution in [0, 0.1) is 0 Å². The molecule has 1 aliphatic heterocycles. The van der Waals surface area contributed by atoms with Crippen molar-refractivity contribution < 1.29 is 9.53 Å². The van der Waals surface area contributed by atoms with Crippen LogP contribution < -0.4 is 11.1 Å². The van der Waals surface area contributed by atoms with Crippen LogP contribution in [-0.2, 0) is 9.53 Å². The summed E-state index contributed by atoms with van der Waals surface area (Å²) in [6.45, 7) is 6.67. The van der Waals surface area contributed by atoms with Crippen molar-refractivity contribution in [2.75, 3.05) is 26.3 Å². The summed E-state index contributed by atoms with van der Waals surface area (Å²) in [4.78, 5) is 14.7. The minimum absolute atomic E-state index is 0.0417. The lowest BCUT2D eigenvalue weighted by atomic mass is 10.1. The van der Waals surface area contributed by atoms with E-state index in [1.807, 2.05) is 13.8 Å². The van der Waals surface area contributed by atoms with Crippen molar-refractivity contribution in [3.63, 3.8) is 0 Å². The normalized spacial score (nSPS) is 20.9. The van der Waals surface area contributed by atoms with E-state index in [9.17, 15) is 4.79 Å². The highest BCUT2D eigenvalue weighted by Crippen LogP contribution is 2.09. The van der Waals surface area contributed by atoms with Crippen molar-refractivity contribution in [1.29, 1.82) is 0 Å². The molecule has 0 spiro atoms. The van der Waals surface area contributed by atoms with Gasteiger partial charge in [-0.2, -0.15) is 0 Å². The van der Waals surface area contributed by atoms with Crippen LogP contribution in [0.5, 0.6) is 0 Å². The molecule has 0 radical (unpaired) electrons. The summed E-state index contributed by atoms with van der Waals surface area (Å²) >= 11 is 4.86. The van der Waals surface area contributed by atoms with E-state index in [1.165, 1.54) is 0 Å². The molecule has 0 aromatic rings. The van der Waals surface area contributed by atoms with Crippen molar-refractivity contribution in [1.82, 2.24) is 10.2 Å². The zero-order chi connectivity index (χ0) is 13.5. The lowest BCUT2D eigenvalue weighted by molar-refractivity contribution is -0.133. The van der Waals surface area contributed by atoms with Crippen LogP contribution >= 0.6 is 12.2 Å². The molecule has 0 bridgehead atoms. The van der Waals surface area contributed by atoms with Gasteiger partial charge in [-0.15, -0.1) is 0 Å². The fraction of sp³-hybridized carbons (Fsp3) is 0.833. The monoisotopic (exact) mass is 273 g/mol. The molecule has 0 aromatic carbocycles. The Hall–Kier alpha value is -0.720. The lowest BCUT2D eigenvalue weighted by Crippen LogP contribution is -2.55. The third-order valence-electron chi connectivity index (χ3n) is 2.84. The van der Waals surface area contributed by atoms with Gasteiger partial charge in [-0.3, -0.25) is 9.69 Å². The summed E-state index contributed by atoms with van der Waals surface area (Å²) in [5.74, 6) is 0.0417. The Balaban J connectivity index is 2.45. The fourth-order valence-corrected chi connectivity index (χ4v) is 2.13. The van der Waals surface area contributed by atoms with Gasteiger partial charge in [0.1, 0.15) is 6.04 Å². The molecule has 104 valence electrons. The SMILES string of the molecule is CC(C)NC(=O)C1COCCN1CCCC(N)=S. The van der Waals surface area contributed by atoms with E-state index in [0.717, 1.165) is 25.9 Å². The summed E-state index contributed by atoms with van der Waals surface area (Å²) < 4.78 is 5.39. The average molecular weight is 273 g/mol. The van der Waals surface area contributed by atoms with Crippen LogP contribution in [0.4, 0.5) is 0 Å². The summed E-state index contributed by atoms with van der Waals surface area (Å²) in [5.41, 5.74) is 5.48. The van der Waals surface area contributed by atoms with E-state index in [4.69, 9.17) is 22.7 Å². The molecule has 1 fully saturated rings. The second-order valence-corrected chi connectivity index (χ2v) is 5.38. The van der Waals surface area contributed by atoms with Gasteiger partial charge in [0.25, 0.3) is 0 Å². The Morgan fingerprint density at radius 3 is 2.94 bits per heavy atom. The van der Waals surface area contributed by atoms with E-state index in [1.54, 1.807) is 0 Å². The topological polar surface area (TPSA) is 67.6 Å². The number of rotatable bonds is 6. The molecule has 1 amide bonds. The molecule has 1 unspecified atom stereocenters. The van der Waals surface area contributed by atoms with Crippen molar-refractivity contribution in [3.8, 4) is 0 Å². The molecule has 1 saturated heterocycles. The molecule has 18 heavy (non-hydrogen) atoms. The summed E-state index contributed by atoms with van der Waals surface area (Å²) in [6, 6.07) is -0.0367. The third kappa shape index (κ3) is 5.29. The zero-order valence-corrected chi connectivity index (χ0v) is 12.0. The van der Waals surface area contributed by atoms with Crippen LogP contribution in [0.3, 0.4) is 0 Å². The smallest absolute Gasteiger partial charge is 0.239 e. The summed E-state index contributed by atoms with van der Waals surface area (Å²) in [5, 5.41) is 2.93. The van der Waals surface area contributed by atoms with Crippen LogP contribution in [-0.4, -0.2) is 54.2 Å². The van der Waals surface area contributed by atoms with E-state index in [-0.39, 0.29) is 18.0 Å². The fourth-order valence-electron chi connectivity index (χ4n) is 1.98. The Bertz CT molecular complexity index is 297. The standard InChI is InChI=1S/C12H23N3O2S/c1-9(2)14-12(16)10-8-17-7-6-15(10)5-3-4-11(13)18/h9-10H,3-8H2,1-2H3,(H2,13,18)(H,14,16). The van der Waals surface area contributed by atoms with Gasteiger partial charge in [-0.25, -0.2) is 0 Å². The minimum atomic E-state index is -0.188. The Morgan fingerprint density at radius 1 is 1.61 bits per heavy atom. The predicted molar refractivity (Wildman–Crippen MR) is 75.5 cm³/mol. The van der Waals surface area contributed by atoms with Crippen LogP contribution in [0.25, 0.3) is 0 Å². The number of carbonyl (C=O) groups is 1. The van der Waals surface area contributed by atoms with Gasteiger partial charge in [-0.1, -0.05) is 12.2 Å². The number of thiocarbonyl (C=S) groups is 1. The van der Waals surface area contributed by atoms with Gasteiger partial charge in [0, 0.05) is 12.6 Å². The first-order chi connectivity index (χ1) is 8.50. The Morgan fingerprint density at radius 2 is 2.33 bits per heavy atom. The van der Waals surface area contributed by atoms with Gasteiger partial charge in [0.05, 0.1) is 18.2 Å². The van der Waals surface area contributed by atoms with Crippen molar-refractivity contribution in [2.24, 2.45) is 5.73 Å². The zero-order valence-electron chi connectivity index (χ0n) is 11.1. The average Bonchev–Trinajstić information content (AvgIpc) is 2.28. The molecule has 1 atom stereocenters. The van der Waals surface area contributed by atoms with Crippen LogP contribution in [0.2, 0.25) is 0 Å². The number of ether oxygens (including phenoxy) is 1. The predicted octanol–water partition coefficient (Wildman–Crippen LogP) is 0.278. The van der Waals surface area contributed by atoms with E-state index >= 15 is 0 Å². The molecule has 5 nitrogen and oxygen atoms in total. The third-order valence-corrected chi connectivity index (χ3v) is 3.05. The molecular formula is C12H23N3O2S. The highest BCUT2D eigenvalue weighted by atomic mass is 32.1. The van der Waals surface area contributed by atoms with Crippen LogP contribution in [0.15, 0.2) is 0 Å². The first-order valence-electron chi connectivity index (χ1n) is 6.41. The maximum Gasteiger partial charge on any atom is 0.239 e. The van der Waals surface area contributed by atoms with Gasteiger partial charge in [0.2, 0.25) is 5.91 Å². The molecule has 1 aliphatic rings. The van der Waals surface area contributed by atoms with Crippen molar-refractivity contribution in [2.45, 2.75) is 38.8 Å². The molecule has 1 rings (SSSR count). The van der Waals surface area contributed by atoms with Gasteiger partial charge < -0.3 is 15.8 Å². The number of hydrogen-bond donors (Lipinski definition) is 2. The number of morpholine rings is 1. The molecule has 0 saturated carbocycles. The minimum Gasteiger partial charge on any atom is -0.393 e. The second-order valence-electron chi connectivity index (χ2n) is 4.86. The molecule has 6 heteroatoms. The number of hydrogen-bond acceptors (Lipinski definition) is 4. The van der Waals surface area contributed by atoms with Crippen LogP contribution in [0.1, 0.15) is 26.7 Å². The van der Waals surface area contributed by atoms with E-state index in [2.05, 4.69) is 10.2 Å². The Labute approximate surface area is 114 Å². The largest absolute Gasteiger partial charge is 0.393 e. The first-order valence-corrected chi connectivity index (χ1v) is 6.82.